The third-order valence-corrected chi connectivity index (χ3v) is 4.22. The van der Waals surface area contributed by atoms with E-state index >= 15 is 0 Å². The lowest BCUT2D eigenvalue weighted by molar-refractivity contribution is -0.128. The zero-order chi connectivity index (χ0) is 19.8. The van der Waals surface area contributed by atoms with Crippen LogP contribution in [0.3, 0.4) is 0 Å². The van der Waals surface area contributed by atoms with Gasteiger partial charge < -0.3 is 9.47 Å². The van der Waals surface area contributed by atoms with Crippen molar-refractivity contribution in [1.29, 1.82) is 0 Å². The van der Waals surface area contributed by atoms with Crippen molar-refractivity contribution in [3.8, 4) is 22.6 Å². The van der Waals surface area contributed by atoms with Gasteiger partial charge >= 0.3 is 5.97 Å². The topological polar surface area (TPSA) is 35.5 Å². The zero-order valence-corrected chi connectivity index (χ0v) is 16.2. The van der Waals surface area contributed by atoms with Gasteiger partial charge in [-0.2, -0.15) is 0 Å². The number of benzene rings is 3. The monoisotopic (exact) mass is 372 g/mol. The number of ether oxygens (including phenoxy) is 2. The van der Waals surface area contributed by atoms with Crippen LogP contribution < -0.4 is 9.47 Å². The number of aryl methyl sites for hydroxylation is 1. The average molecular weight is 372 g/mol. The highest BCUT2D eigenvalue weighted by molar-refractivity contribution is 5.88. The molecular formula is C25H24O3. The van der Waals surface area contributed by atoms with Crippen LogP contribution in [0, 0.1) is 6.92 Å². The maximum atomic E-state index is 12.1. The van der Waals surface area contributed by atoms with Gasteiger partial charge in [0.1, 0.15) is 11.5 Å². The fourth-order valence-corrected chi connectivity index (χ4v) is 2.67. The first-order valence-electron chi connectivity index (χ1n) is 9.44. The number of hydrogen-bond acceptors (Lipinski definition) is 3. The highest BCUT2D eigenvalue weighted by Gasteiger charge is 2.03. The van der Waals surface area contributed by atoms with E-state index in [2.05, 4.69) is 38.1 Å². The van der Waals surface area contributed by atoms with E-state index in [9.17, 15) is 4.79 Å². The van der Waals surface area contributed by atoms with Crippen LogP contribution in [0.1, 0.15) is 24.5 Å². The first-order valence-corrected chi connectivity index (χ1v) is 9.44. The molecule has 0 fully saturated rings. The molecule has 0 saturated carbocycles. The maximum absolute atomic E-state index is 12.1. The smallest absolute Gasteiger partial charge is 0.336 e. The summed E-state index contributed by atoms with van der Waals surface area (Å²) in [5.41, 5.74) is 4.36. The van der Waals surface area contributed by atoms with Crippen LogP contribution >= 0.6 is 0 Å². The minimum atomic E-state index is -0.408. The van der Waals surface area contributed by atoms with Crippen molar-refractivity contribution in [2.24, 2.45) is 0 Å². The first-order chi connectivity index (χ1) is 13.6. The second kappa shape index (κ2) is 9.56. The molecule has 0 saturated heterocycles. The summed E-state index contributed by atoms with van der Waals surface area (Å²) in [6.07, 6.45) is 4.13. The zero-order valence-electron chi connectivity index (χ0n) is 16.2. The van der Waals surface area contributed by atoms with E-state index in [1.807, 2.05) is 36.4 Å². The van der Waals surface area contributed by atoms with Gasteiger partial charge in [0.15, 0.2) is 0 Å². The predicted octanol–water partition coefficient (Wildman–Crippen LogP) is 6.07. The Kier molecular flexibility index (Phi) is 6.64. The maximum Gasteiger partial charge on any atom is 0.336 e. The van der Waals surface area contributed by atoms with E-state index in [1.165, 1.54) is 11.6 Å². The second-order valence-corrected chi connectivity index (χ2v) is 6.56. The molecule has 0 atom stereocenters. The fraction of sp³-hybridized carbons (Fsp3) is 0.160. The van der Waals surface area contributed by atoms with E-state index in [4.69, 9.17) is 9.47 Å². The highest BCUT2D eigenvalue weighted by atomic mass is 16.5. The Morgan fingerprint density at radius 1 is 0.821 bits per heavy atom. The molecule has 142 valence electrons. The van der Waals surface area contributed by atoms with Gasteiger partial charge in [0.05, 0.1) is 6.61 Å². The van der Waals surface area contributed by atoms with E-state index in [1.54, 1.807) is 18.2 Å². The molecule has 0 amide bonds. The summed E-state index contributed by atoms with van der Waals surface area (Å²) in [5.74, 6) is 0.943. The molecule has 0 bridgehead atoms. The summed E-state index contributed by atoms with van der Waals surface area (Å²) in [6.45, 7) is 4.83. The minimum absolute atomic E-state index is 0.408. The summed E-state index contributed by atoms with van der Waals surface area (Å²) in [7, 11) is 0. The van der Waals surface area contributed by atoms with Gasteiger partial charge in [-0.05, 0) is 60.4 Å². The molecule has 0 heterocycles. The quantitative estimate of drug-likeness (QED) is 0.287. The van der Waals surface area contributed by atoms with E-state index < -0.39 is 5.97 Å². The summed E-state index contributed by atoms with van der Waals surface area (Å²) in [6, 6.07) is 23.4. The van der Waals surface area contributed by atoms with Crippen molar-refractivity contribution >= 4 is 12.0 Å². The lowest BCUT2D eigenvalue weighted by atomic mass is 10.0. The molecule has 0 unspecified atom stereocenters. The van der Waals surface area contributed by atoms with Crippen LogP contribution in [0.25, 0.3) is 17.2 Å². The molecule has 0 aliphatic rings. The molecule has 0 aliphatic heterocycles. The summed E-state index contributed by atoms with van der Waals surface area (Å²) >= 11 is 0. The number of carbonyl (C=O) groups is 1. The molecule has 3 aromatic carbocycles. The van der Waals surface area contributed by atoms with E-state index in [-0.39, 0.29) is 0 Å². The van der Waals surface area contributed by atoms with Crippen molar-refractivity contribution < 1.29 is 14.3 Å². The summed E-state index contributed by atoms with van der Waals surface area (Å²) in [5, 5.41) is 0. The van der Waals surface area contributed by atoms with Gasteiger partial charge in [-0.25, -0.2) is 4.79 Å². The molecule has 3 rings (SSSR count). The van der Waals surface area contributed by atoms with Crippen molar-refractivity contribution in [2.45, 2.75) is 20.3 Å². The average Bonchev–Trinajstić information content (AvgIpc) is 2.73. The van der Waals surface area contributed by atoms with Crippen LogP contribution in [-0.2, 0) is 4.79 Å². The molecule has 0 N–H and O–H groups in total. The molecule has 0 spiro atoms. The number of carbonyl (C=O) groups excluding carboxylic acids is 1. The Morgan fingerprint density at radius 3 is 2.00 bits per heavy atom. The predicted molar refractivity (Wildman–Crippen MR) is 114 cm³/mol. The van der Waals surface area contributed by atoms with Crippen molar-refractivity contribution in [2.75, 3.05) is 6.61 Å². The lowest BCUT2D eigenvalue weighted by Gasteiger charge is -2.05. The molecule has 0 aliphatic carbocycles. The minimum Gasteiger partial charge on any atom is -0.494 e. The SMILES string of the molecule is CCCOc1ccc(/C=C/C(=O)Oc2ccc(-c3ccc(C)cc3)cc2)cc1. The van der Waals surface area contributed by atoms with Gasteiger partial charge in [0.2, 0.25) is 0 Å². The Hall–Kier alpha value is -3.33. The Morgan fingerprint density at radius 2 is 1.39 bits per heavy atom. The largest absolute Gasteiger partial charge is 0.494 e. The van der Waals surface area contributed by atoms with Gasteiger partial charge in [0, 0.05) is 6.08 Å². The first kappa shape index (κ1) is 19.4. The van der Waals surface area contributed by atoms with Gasteiger partial charge in [-0.15, -0.1) is 0 Å². The Balaban J connectivity index is 1.57. The van der Waals surface area contributed by atoms with Crippen molar-refractivity contribution in [1.82, 2.24) is 0 Å². The van der Waals surface area contributed by atoms with Gasteiger partial charge in [0.25, 0.3) is 0 Å². The van der Waals surface area contributed by atoms with Crippen LogP contribution in [0.15, 0.2) is 78.9 Å². The summed E-state index contributed by atoms with van der Waals surface area (Å²) < 4.78 is 10.9. The molecule has 3 aromatic rings. The number of hydrogen-bond donors (Lipinski definition) is 0. The molecule has 3 nitrogen and oxygen atoms in total. The third-order valence-electron chi connectivity index (χ3n) is 4.22. The molecule has 0 aromatic heterocycles. The van der Waals surface area contributed by atoms with Crippen LogP contribution in [0.2, 0.25) is 0 Å². The molecule has 0 radical (unpaired) electrons. The third kappa shape index (κ3) is 5.58. The van der Waals surface area contributed by atoms with Crippen LogP contribution in [-0.4, -0.2) is 12.6 Å². The standard InChI is InChI=1S/C25H24O3/c1-3-18-27-23-13-6-20(7-14-23)8-17-25(26)28-24-15-11-22(12-16-24)21-9-4-19(2)5-10-21/h4-17H,3,18H2,1-2H3/b17-8+. The summed E-state index contributed by atoms with van der Waals surface area (Å²) in [4.78, 5) is 12.1. The highest BCUT2D eigenvalue weighted by Crippen LogP contribution is 2.23. The van der Waals surface area contributed by atoms with Gasteiger partial charge in [-0.1, -0.05) is 61.0 Å². The van der Waals surface area contributed by atoms with Crippen LogP contribution in [0.5, 0.6) is 11.5 Å². The normalized spacial score (nSPS) is 10.8. The number of rotatable bonds is 7. The lowest BCUT2D eigenvalue weighted by Crippen LogP contribution is -2.03. The molecule has 3 heteroatoms. The van der Waals surface area contributed by atoms with Crippen molar-refractivity contribution in [3.05, 3.63) is 90.0 Å². The second-order valence-electron chi connectivity index (χ2n) is 6.56. The Labute approximate surface area is 166 Å². The van der Waals surface area contributed by atoms with Crippen LogP contribution in [0.4, 0.5) is 0 Å². The molecule has 28 heavy (non-hydrogen) atoms. The van der Waals surface area contributed by atoms with Gasteiger partial charge in [-0.3, -0.25) is 0 Å². The van der Waals surface area contributed by atoms with E-state index in [0.717, 1.165) is 28.9 Å². The fourth-order valence-electron chi connectivity index (χ4n) is 2.67. The van der Waals surface area contributed by atoms with E-state index in [0.29, 0.717) is 12.4 Å². The molecular weight excluding hydrogens is 348 g/mol. The Bertz CT molecular complexity index is 921. The van der Waals surface area contributed by atoms with Crippen molar-refractivity contribution in [3.63, 3.8) is 0 Å². The number of esters is 1.